The van der Waals surface area contributed by atoms with Gasteiger partial charge in [-0.25, -0.2) is 17.9 Å². The molecule has 2 heterocycles. The molecule has 21 heavy (non-hydrogen) atoms. The molecule has 6 nitrogen and oxygen atoms in total. The molecule has 0 radical (unpaired) electrons. The minimum Gasteiger partial charge on any atom is -0.478 e. The molecular weight excluding hydrogens is 314 g/mol. The van der Waals surface area contributed by atoms with E-state index in [4.69, 9.17) is 9.52 Å². The molecule has 2 N–H and O–H groups in total. The van der Waals surface area contributed by atoms with E-state index < -0.39 is 16.0 Å². The number of nitrogens with one attached hydrogen (secondary N) is 1. The van der Waals surface area contributed by atoms with Gasteiger partial charge in [0.1, 0.15) is 9.97 Å². The zero-order valence-electron chi connectivity index (χ0n) is 11.3. The van der Waals surface area contributed by atoms with Crippen LogP contribution in [0.5, 0.6) is 0 Å². The Morgan fingerprint density at radius 3 is 2.86 bits per heavy atom. The van der Waals surface area contributed by atoms with Crippen molar-refractivity contribution in [3.63, 3.8) is 0 Å². The zero-order valence-corrected chi connectivity index (χ0v) is 12.9. The fraction of sp³-hybridized carbons (Fsp3) is 0.308. The van der Waals surface area contributed by atoms with Crippen molar-refractivity contribution in [1.82, 2.24) is 4.72 Å². The van der Waals surface area contributed by atoms with Crippen LogP contribution in [0.4, 0.5) is 0 Å². The molecule has 0 saturated heterocycles. The topological polar surface area (TPSA) is 96.6 Å². The van der Waals surface area contributed by atoms with E-state index in [9.17, 15) is 13.2 Å². The molecule has 0 bridgehead atoms. The second-order valence-electron chi connectivity index (χ2n) is 4.60. The maximum atomic E-state index is 12.1. The van der Waals surface area contributed by atoms with Gasteiger partial charge in [-0.05, 0) is 31.5 Å². The van der Waals surface area contributed by atoms with Gasteiger partial charge < -0.3 is 9.52 Å². The van der Waals surface area contributed by atoms with Gasteiger partial charge in [-0.2, -0.15) is 0 Å². The highest BCUT2D eigenvalue weighted by molar-refractivity contribution is 7.91. The van der Waals surface area contributed by atoms with Gasteiger partial charge in [-0.3, -0.25) is 0 Å². The van der Waals surface area contributed by atoms with Crippen LogP contribution in [0, 0.1) is 0 Å². The van der Waals surface area contributed by atoms with Crippen LogP contribution in [0.2, 0.25) is 0 Å². The SMILES string of the molecule is CC(CCc1ccco1)NS(=O)(=O)c1cc(C(=O)O)cs1. The van der Waals surface area contributed by atoms with E-state index in [2.05, 4.69) is 4.72 Å². The van der Waals surface area contributed by atoms with Crippen molar-refractivity contribution in [2.45, 2.75) is 30.0 Å². The van der Waals surface area contributed by atoms with Crippen LogP contribution in [-0.2, 0) is 16.4 Å². The number of aromatic carboxylic acids is 1. The van der Waals surface area contributed by atoms with Gasteiger partial charge >= 0.3 is 5.97 Å². The number of carboxylic acids is 1. The number of rotatable bonds is 7. The van der Waals surface area contributed by atoms with E-state index in [0.29, 0.717) is 12.8 Å². The first-order valence-corrected chi connectivity index (χ1v) is 8.61. The standard InChI is InChI=1S/C13H15NO5S2/c1-9(4-5-11-3-2-6-19-11)14-21(17,18)12-7-10(8-20-12)13(15)16/h2-3,6-9,14H,4-5H2,1H3,(H,15,16). The molecule has 1 unspecified atom stereocenters. The highest BCUT2D eigenvalue weighted by Gasteiger charge is 2.21. The quantitative estimate of drug-likeness (QED) is 0.812. The van der Waals surface area contributed by atoms with E-state index in [1.54, 1.807) is 19.3 Å². The molecule has 0 amide bonds. The van der Waals surface area contributed by atoms with Crippen LogP contribution in [0.1, 0.15) is 29.5 Å². The van der Waals surface area contributed by atoms with Crippen molar-refractivity contribution in [2.75, 3.05) is 0 Å². The molecule has 8 heteroatoms. The summed E-state index contributed by atoms with van der Waals surface area (Å²) in [5, 5.41) is 10.1. The summed E-state index contributed by atoms with van der Waals surface area (Å²) >= 11 is 0.893. The maximum absolute atomic E-state index is 12.1. The summed E-state index contributed by atoms with van der Waals surface area (Å²) in [4.78, 5) is 10.8. The predicted molar refractivity (Wildman–Crippen MR) is 78.1 cm³/mol. The minimum absolute atomic E-state index is 0.00440. The van der Waals surface area contributed by atoms with E-state index in [1.807, 2.05) is 6.07 Å². The highest BCUT2D eigenvalue weighted by atomic mass is 32.2. The Bertz CT molecular complexity index is 703. The molecule has 0 aliphatic heterocycles. The largest absolute Gasteiger partial charge is 0.478 e. The molecule has 2 aromatic heterocycles. The van der Waals surface area contributed by atoms with Gasteiger partial charge in [0.25, 0.3) is 0 Å². The normalized spacial score (nSPS) is 13.2. The number of carbonyl (C=O) groups is 1. The van der Waals surface area contributed by atoms with Crippen LogP contribution >= 0.6 is 11.3 Å². The van der Waals surface area contributed by atoms with Crippen molar-refractivity contribution >= 4 is 27.3 Å². The first-order chi connectivity index (χ1) is 9.88. The zero-order chi connectivity index (χ0) is 15.5. The summed E-state index contributed by atoms with van der Waals surface area (Å²) in [6, 6.07) is 4.49. The fourth-order valence-corrected chi connectivity index (χ4v) is 4.21. The van der Waals surface area contributed by atoms with E-state index >= 15 is 0 Å². The first-order valence-electron chi connectivity index (χ1n) is 6.25. The summed E-state index contributed by atoms with van der Waals surface area (Å²) < 4.78 is 32.0. The van der Waals surface area contributed by atoms with Gasteiger partial charge in [0.15, 0.2) is 0 Å². The summed E-state index contributed by atoms with van der Waals surface area (Å²) in [6.45, 7) is 1.76. The molecule has 1 atom stereocenters. The monoisotopic (exact) mass is 329 g/mol. The number of furan rings is 1. The third-order valence-electron chi connectivity index (χ3n) is 2.85. The van der Waals surface area contributed by atoms with Gasteiger partial charge in [0.2, 0.25) is 10.0 Å². The molecule has 0 spiro atoms. The molecule has 2 aromatic rings. The molecule has 0 aliphatic rings. The van der Waals surface area contributed by atoms with Crippen molar-refractivity contribution in [1.29, 1.82) is 0 Å². The van der Waals surface area contributed by atoms with Crippen LogP contribution in [-0.4, -0.2) is 25.5 Å². The van der Waals surface area contributed by atoms with Gasteiger partial charge in [0.05, 0.1) is 11.8 Å². The second kappa shape index (κ2) is 6.42. The third kappa shape index (κ3) is 4.16. The number of thiophene rings is 1. The number of aryl methyl sites for hydroxylation is 1. The number of hydrogen-bond acceptors (Lipinski definition) is 5. The van der Waals surface area contributed by atoms with Crippen LogP contribution < -0.4 is 4.72 Å². The fourth-order valence-electron chi connectivity index (χ4n) is 1.77. The molecule has 0 aliphatic carbocycles. The first kappa shape index (κ1) is 15.7. The van der Waals surface area contributed by atoms with E-state index in [0.717, 1.165) is 23.2 Å². The Labute approximate surface area is 126 Å². The lowest BCUT2D eigenvalue weighted by molar-refractivity contribution is 0.0697. The summed E-state index contributed by atoms with van der Waals surface area (Å²) in [7, 11) is -3.69. The lowest BCUT2D eigenvalue weighted by Gasteiger charge is -2.12. The van der Waals surface area contributed by atoms with E-state index in [-0.39, 0.29) is 15.8 Å². The van der Waals surface area contributed by atoms with Crippen molar-refractivity contribution in [3.05, 3.63) is 41.2 Å². The second-order valence-corrected chi connectivity index (χ2v) is 7.45. The average molecular weight is 329 g/mol. The lowest BCUT2D eigenvalue weighted by Crippen LogP contribution is -2.32. The van der Waals surface area contributed by atoms with Crippen molar-refractivity contribution in [3.8, 4) is 0 Å². The summed E-state index contributed by atoms with van der Waals surface area (Å²) in [6.07, 6.45) is 2.79. The van der Waals surface area contributed by atoms with E-state index in [1.165, 1.54) is 5.38 Å². The molecular formula is C13H15NO5S2. The smallest absolute Gasteiger partial charge is 0.336 e. The maximum Gasteiger partial charge on any atom is 0.336 e. The highest BCUT2D eigenvalue weighted by Crippen LogP contribution is 2.20. The Morgan fingerprint density at radius 1 is 1.52 bits per heavy atom. The van der Waals surface area contributed by atoms with Crippen LogP contribution in [0.15, 0.2) is 38.5 Å². The van der Waals surface area contributed by atoms with Crippen molar-refractivity contribution in [2.24, 2.45) is 0 Å². The number of carboxylic acid groups (broad SMARTS) is 1. The Balaban J connectivity index is 1.97. The molecule has 0 fully saturated rings. The Kier molecular flexibility index (Phi) is 4.81. The molecule has 0 saturated carbocycles. The number of sulfonamides is 1. The molecule has 114 valence electrons. The number of hydrogen-bond donors (Lipinski definition) is 2. The molecule has 0 aromatic carbocycles. The van der Waals surface area contributed by atoms with Gasteiger partial charge in [0, 0.05) is 17.8 Å². The van der Waals surface area contributed by atoms with Crippen LogP contribution in [0.3, 0.4) is 0 Å². The average Bonchev–Trinajstić information content (AvgIpc) is 3.07. The Hall–Kier alpha value is -1.64. The third-order valence-corrected chi connectivity index (χ3v) is 5.88. The Morgan fingerprint density at radius 2 is 2.29 bits per heavy atom. The van der Waals surface area contributed by atoms with Gasteiger partial charge in [-0.15, -0.1) is 11.3 Å². The minimum atomic E-state index is -3.69. The summed E-state index contributed by atoms with van der Waals surface area (Å²) in [5.74, 6) is -0.344. The summed E-state index contributed by atoms with van der Waals surface area (Å²) in [5.41, 5.74) is -0.0244. The van der Waals surface area contributed by atoms with Crippen LogP contribution in [0.25, 0.3) is 0 Å². The predicted octanol–water partition coefficient (Wildman–Crippen LogP) is 2.34. The lowest BCUT2D eigenvalue weighted by atomic mass is 10.2. The molecule has 2 rings (SSSR count). The van der Waals surface area contributed by atoms with Gasteiger partial charge in [-0.1, -0.05) is 0 Å². The van der Waals surface area contributed by atoms with Crippen molar-refractivity contribution < 1.29 is 22.7 Å².